The summed E-state index contributed by atoms with van der Waals surface area (Å²) in [7, 11) is -2.29. The highest BCUT2D eigenvalue weighted by atomic mass is 32.2. The Morgan fingerprint density at radius 2 is 1.57 bits per heavy atom. The van der Waals surface area contributed by atoms with Crippen LogP contribution in [0.3, 0.4) is 0 Å². The molecular weight excluding hydrogens is 466 g/mol. The van der Waals surface area contributed by atoms with Gasteiger partial charge in [0.25, 0.3) is 0 Å². The lowest BCUT2D eigenvalue weighted by molar-refractivity contribution is 0.0468. The van der Waals surface area contributed by atoms with E-state index in [1.165, 1.54) is 29.6 Å². The number of para-hydroxylation sites is 1. The summed E-state index contributed by atoms with van der Waals surface area (Å²) in [6.45, 7) is 0.960. The topological polar surface area (TPSA) is 82.1 Å². The van der Waals surface area contributed by atoms with Gasteiger partial charge in [0.15, 0.2) is 0 Å². The van der Waals surface area contributed by atoms with Crippen LogP contribution < -0.4 is 9.47 Å². The van der Waals surface area contributed by atoms with Crippen LogP contribution in [0.5, 0.6) is 17.2 Å². The Balaban J connectivity index is 1.49. The predicted octanol–water partition coefficient (Wildman–Crippen LogP) is 5.41. The van der Waals surface area contributed by atoms with Crippen LogP contribution in [-0.4, -0.2) is 38.9 Å². The van der Waals surface area contributed by atoms with Gasteiger partial charge in [-0.1, -0.05) is 43.2 Å². The van der Waals surface area contributed by atoms with E-state index in [1.807, 2.05) is 48.5 Å². The first-order valence-corrected chi connectivity index (χ1v) is 13.1. The first-order valence-electron chi connectivity index (χ1n) is 11.6. The molecular formula is C27H29NO6S. The van der Waals surface area contributed by atoms with E-state index in [0.717, 1.165) is 31.2 Å². The number of hydrogen-bond acceptors (Lipinski definition) is 6. The molecule has 0 amide bonds. The van der Waals surface area contributed by atoms with Gasteiger partial charge in [-0.25, -0.2) is 13.2 Å². The average molecular weight is 496 g/mol. The molecule has 1 aliphatic rings. The van der Waals surface area contributed by atoms with Gasteiger partial charge in [0.2, 0.25) is 10.0 Å². The normalized spacial score (nSPS) is 14.7. The van der Waals surface area contributed by atoms with E-state index >= 15 is 0 Å². The van der Waals surface area contributed by atoms with Crippen molar-refractivity contribution in [1.82, 2.24) is 4.31 Å². The van der Waals surface area contributed by atoms with Crippen LogP contribution in [0.25, 0.3) is 0 Å². The Kier molecular flexibility index (Phi) is 8.05. The number of ether oxygens (including phenoxy) is 3. The SMILES string of the molecule is COc1ccc(S(=O)(=O)N2CCCCCC2)cc1C(=O)OCc1cccc(Oc2ccccc2)c1. The number of carbonyl (C=O) groups excluding carboxylic acids is 1. The molecule has 0 N–H and O–H groups in total. The quantitative estimate of drug-likeness (QED) is 0.389. The summed E-state index contributed by atoms with van der Waals surface area (Å²) in [5.41, 5.74) is 0.805. The lowest BCUT2D eigenvalue weighted by Gasteiger charge is -2.20. The van der Waals surface area contributed by atoms with Crippen molar-refractivity contribution in [3.63, 3.8) is 0 Å². The Hall–Kier alpha value is -3.36. The largest absolute Gasteiger partial charge is 0.496 e. The fourth-order valence-corrected chi connectivity index (χ4v) is 5.53. The van der Waals surface area contributed by atoms with E-state index in [2.05, 4.69) is 0 Å². The maximum Gasteiger partial charge on any atom is 0.342 e. The van der Waals surface area contributed by atoms with Crippen LogP contribution in [-0.2, 0) is 21.4 Å². The molecule has 35 heavy (non-hydrogen) atoms. The highest BCUT2D eigenvalue weighted by Crippen LogP contribution is 2.27. The highest BCUT2D eigenvalue weighted by molar-refractivity contribution is 7.89. The lowest BCUT2D eigenvalue weighted by atomic mass is 10.2. The molecule has 0 unspecified atom stereocenters. The summed E-state index contributed by atoms with van der Waals surface area (Å²) in [5, 5.41) is 0. The number of methoxy groups -OCH3 is 1. The molecule has 1 fully saturated rings. The molecule has 3 aromatic carbocycles. The molecule has 0 aliphatic carbocycles. The minimum absolute atomic E-state index is 0.00290. The predicted molar refractivity (Wildman–Crippen MR) is 132 cm³/mol. The van der Waals surface area contributed by atoms with E-state index in [-0.39, 0.29) is 22.8 Å². The van der Waals surface area contributed by atoms with Crippen molar-refractivity contribution in [1.29, 1.82) is 0 Å². The second-order valence-electron chi connectivity index (χ2n) is 8.32. The first-order chi connectivity index (χ1) is 17.0. The Morgan fingerprint density at radius 1 is 0.857 bits per heavy atom. The zero-order chi connectivity index (χ0) is 24.7. The minimum atomic E-state index is -3.72. The number of benzene rings is 3. The van der Waals surface area contributed by atoms with Crippen molar-refractivity contribution in [2.75, 3.05) is 20.2 Å². The molecule has 4 rings (SSSR count). The molecule has 1 heterocycles. The maximum atomic E-state index is 13.2. The van der Waals surface area contributed by atoms with Crippen molar-refractivity contribution < 1.29 is 27.4 Å². The summed E-state index contributed by atoms with van der Waals surface area (Å²) in [6, 6.07) is 20.9. The van der Waals surface area contributed by atoms with E-state index in [1.54, 1.807) is 6.07 Å². The second kappa shape index (κ2) is 11.4. The fourth-order valence-electron chi connectivity index (χ4n) is 3.99. The molecule has 0 aromatic heterocycles. The van der Waals surface area contributed by atoms with Crippen molar-refractivity contribution in [2.45, 2.75) is 37.2 Å². The van der Waals surface area contributed by atoms with Crippen LogP contribution in [0.15, 0.2) is 77.7 Å². The molecule has 184 valence electrons. The molecule has 0 radical (unpaired) electrons. The number of hydrogen-bond donors (Lipinski definition) is 0. The van der Waals surface area contributed by atoms with Crippen LogP contribution in [0.1, 0.15) is 41.6 Å². The Bertz CT molecular complexity index is 1250. The van der Waals surface area contributed by atoms with Crippen molar-refractivity contribution in [2.24, 2.45) is 0 Å². The van der Waals surface area contributed by atoms with Crippen LogP contribution in [0.2, 0.25) is 0 Å². The van der Waals surface area contributed by atoms with E-state index in [0.29, 0.717) is 24.6 Å². The molecule has 1 aliphatic heterocycles. The monoisotopic (exact) mass is 495 g/mol. The number of rotatable bonds is 8. The average Bonchev–Trinajstić information content (AvgIpc) is 3.18. The van der Waals surface area contributed by atoms with Crippen LogP contribution in [0, 0.1) is 0 Å². The molecule has 0 saturated carbocycles. The highest BCUT2D eigenvalue weighted by Gasteiger charge is 2.27. The standard InChI is InChI=1S/C27H29NO6S/c1-32-26-15-14-24(35(30,31)28-16-7-2-3-8-17-28)19-25(26)27(29)33-20-21-10-9-13-23(18-21)34-22-11-5-4-6-12-22/h4-6,9-15,18-19H,2-3,7-8,16-17,20H2,1H3. The molecule has 0 bridgehead atoms. The van der Waals surface area contributed by atoms with Gasteiger partial charge in [-0.05, 0) is 60.9 Å². The van der Waals surface area contributed by atoms with Crippen LogP contribution in [0.4, 0.5) is 0 Å². The third kappa shape index (κ3) is 6.21. The number of carbonyl (C=O) groups is 1. The summed E-state index contributed by atoms with van der Waals surface area (Å²) >= 11 is 0. The fraction of sp³-hybridized carbons (Fsp3) is 0.296. The van der Waals surface area contributed by atoms with Crippen molar-refractivity contribution in [3.8, 4) is 17.2 Å². The second-order valence-corrected chi connectivity index (χ2v) is 10.3. The van der Waals surface area contributed by atoms with Crippen LogP contribution >= 0.6 is 0 Å². The molecule has 7 nitrogen and oxygen atoms in total. The third-order valence-corrected chi connectivity index (χ3v) is 7.74. The van der Waals surface area contributed by atoms with Gasteiger partial charge in [-0.2, -0.15) is 4.31 Å². The molecule has 8 heteroatoms. The van der Waals surface area contributed by atoms with Crippen molar-refractivity contribution in [3.05, 3.63) is 83.9 Å². The zero-order valence-electron chi connectivity index (χ0n) is 19.7. The maximum absolute atomic E-state index is 13.2. The number of esters is 1. The van der Waals surface area contributed by atoms with Gasteiger partial charge in [0.05, 0.1) is 12.0 Å². The van der Waals surface area contributed by atoms with Crippen molar-refractivity contribution >= 4 is 16.0 Å². The molecule has 1 saturated heterocycles. The number of sulfonamides is 1. The third-order valence-electron chi connectivity index (χ3n) is 5.84. The lowest BCUT2D eigenvalue weighted by Crippen LogP contribution is -2.32. The summed E-state index contributed by atoms with van der Waals surface area (Å²) in [4.78, 5) is 13.0. The summed E-state index contributed by atoms with van der Waals surface area (Å²) < 4.78 is 44.6. The Labute approximate surface area is 206 Å². The summed E-state index contributed by atoms with van der Waals surface area (Å²) in [6.07, 6.45) is 3.70. The van der Waals surface area contributed by atoms with Gasteiger partial charge in [0, 0.05) is 13.1 Å². The van der Waals surface area contributed by atoms with Gasteiger partial charge < -0.3 is 14.2 Å². The van der Waals surface area contributed by atoms with Gasteiger partial charge >= 0.3 is 5.97 Å². The smallest absolute Gasteiger partial charge is 0.342 e. The van der Waals surface area contributed by atoms with E-state index < -0.39 is 16.0 Å². The molecule has 0 atom stereocenters. The number of nitrogens with zero attached hydrogens (tertiary/aromatic N) is 1. The van der Waals surface area contributed by atoms with Gasteiger partial charge in [0.1, 0.15) is 29.4 Å². The summed E-state index contributed by atoms with van der Waals surface area (Å²) in [5.74, 6) is 0.914. The van der Waals surface area contributed by atoms with Gasteiger partial charge in [-0.15, -0.1) is 0 Å². The van der Waals surface area contributed by atoms with E-state index in [9.17, 15) is 13.2 Å². The van der Waals surface area contributed by atoms with Gasteiger partial charge in [-0.3, -0.25) is 0 Å². The minimum Gasteiger partial charge on any atom is -0.496 e. The molecule has 3 aromatic rings. The Morgan fingerprint density at radius 3 is 2.29 bits per heavy atom. The van der Waals surface area contributed by atoms with E-state index in [4.69, 9.17) is 14.2 Å². The molecule has 0 spiro atoms. The first kappa shape index (κ1) is 24.8. The zero-order valence-corrected chi connectivity index (χ0v) is 20.5.